The predicted octanol–water partition coefficient (Wildman–Crippen LogP) is 4.38. The van der Waals surface area contributed by atoms with E-state index in [2.05, 4.69) is 75.9 Å². The molecule has 0 aliphatic rings. The van der Waals surface area contributed by atoms with Gasteiger partial charge in [-0.15, -0.1) is 6.58 Å². The summed E-state index contributed by atoms with van der Waals surface area (Å²) in [5.74, 6) is -0.469. The Hall–Kier alpha value is -1.72. The number of rotatable bonds is 10. The lowest BCUT2D eigenvalue weighted by molar-refractivity contribution is -0.0296. The Labute approximate surface area is 189 Å². The number of benzene rings is 2. The molecule has 2 N–H and O–H groups in total. The molecule has 31 heavy (non-hydrogen) atoms. The van der Waals surface area contributed by atoms with Crippen molar-refractivity contribution in [1.82, 2.24) is 0 Å². The number of aliphatic hydroxyl groups excluding tert-OH is 2. The molecule has 0 amide bonds. The van der Waals surface area contributed by atoms with Crippen LogP contribution in [0.15, 0.2) is 73.3 Å². The fourth-order valence-corrected chi connectivity index (χ4v) is 9.12. The molecule has 3 nitrogen and oxygen atoms in total. The zero-order valence-corrected chi connectivity index (χ0v) is 21.0. The van der Waals surface area contributed by atoms with E-state index in [4.69, 9.17) is 4.43 Å². The number of hydrogen-bond acceptors (Lipinski definition) is 3. The highest BCUT2D eigenvalue weighted by Crippen LogP contribution is 2.37. The first-order valence-electron chi connectivity index (χ1n) is 11.3. The van der Waals surface area contributed by atoms with Crippen LogP contribution in [0.4, 0.5) is 0 Å². The molecule has 0 saturated heterocycles. The van der Waals surface area contributed by atoms with Gasteiger partial charge in [0.1, 0.15) is 0 Å². The van der Waals surface area contributed by atoms with Gasteiger partial charge in [0, 0.05) is 24.4 Å². The Kier molecular flexibility index (Phi) is 8.84. The quantitative estimate of drug-likeness (QED) is 0.426. The van der Waals surface area contributed by atoms with E-state index in [1.165, 1.54) is 10.4 Å². The fourth-order valence-electron chi connectivity index (χ4n) is 4.46. The zero-order valence-electron chi connectivity index (χ0n) is 20.0. The van der Waals surface area contributed by atoms with Gasteiger partial charge in [0.25, 0.3) is 8.32 Å². The molecule has 2 aromatic carbocycles. The summed E-state index contributed by atoms with van der Waals surface area (Å²) in [5.41, 5.74) is 0. The molecular formula is C27H40O3Si. The average Bonchev–Trinajstić information content (AvgIpc) is 2.77. The van der Waals surface area contributed by atoms with Crippen LogP contribution < -0.4 is 10.4 Å². The van der Waals surface area contributed by atoms with Gasteiger partial charge < -0.3 is 14.6 Å². The molecule has 2 aromatic rings. The summed E-state index contributed by atoms with van der Waals surface area (Å²) in [4.78, 5) is 0. The lowest BCUT2D eigenvalue weighted by Crippen LogP contribution is -2.67. The molecule has 0 aliphatic carbocycles. The Morgan fingerprint density at radius 3 is 1.71 bits per heavy atom. The second-order valence-electron chi connectivity index (χ2n) is 9.89. The second-order valence-corrected chi connectivity index (χ2v) is 14.2. The van der Waals surface area contributed by atoms with Crippen molar-refractivity contribution in [3.05, 3.63) is 73.3 Å². The molecular weight excluding hydrogens is 400 g/mol. The molecule has 0 fully saturated rings. The first kappa shape index (κ1) is 25.5. The van der Waals surface area contributed by atoms with Gasteiger partial charge in [-0.2, -0.15) is 0 Å². The van der Waals surface area contributed by atoms with Crippen molar-refractivity contribution in [2.45, 2.75) is 58.8 Å². The third-order valence-electron chi connectivity index (χ3n) is 6.55. The predicted molar refractivity (Wildman–Crippen MR) is 133 cm³/mol. The van der Waals surface area contributed by atoms with Crippen LogP contribution >= 0.6 is 0 Å². The van der Waals surface area contributed by atoms with Crippen LogP contribution in [-0.4, -0.2) is 37.3 Å². The Morgan fingerprint density at radius 1 is 0.871 bits per heavy atom. The molecule has 170 valence electrons. The Morgan fingerprint density at radius 2 is 1.32 bits per heavy atom. The van der Waals surface area contributed by atoms with E-state index in [0.29, 0.717) is 6.61 Å². The van der Waals surface area contributed by atoms with E-state index in [1.807, 2.05) is 32.9 Å². The van der Waals surface area contributed by atoms with Gasteiger partial charge in [-0.05, 0) is 15.4 Å². The van der Waals surface area contributed by atoms with Crippen LogP contribution in [0.2, 0.25) is 5.04 Å². The molecule has 0 radical (unpaired) electrons. The molecule has 0 saturated carbocycles. The van der Waals surface area contributed by atoms with Gasteiger partial charge in [0.2, 0.25) is 0 Å². The lowest BCUT2D eigenvalue weighted by atomic mass is 9.84. The first-order chi connectivity index (χ1) is 14.6. The maximum atomic E-state index is 11.0. The van der Waals surface area contributed by atoms with Gasteiger partial charge in [0.05, 0.1) is 12.2 Å². The Balaban J connectivity index is 2.38. The van der Waals surface area contributed by atoms with E-state index < -0.39 is 20.5 Å². The van der Waals surface area contributed by atoms with Crippen molar-refractivity contribution in [3.8, 4) is 0 Å². The van der Waals surface area contributed by atoms with E-state index in [1.54, 1.807) is 6.08 Å². The molecule has 0 heterocycles. The van der Waals surface area contributed by atoms with Crippen molar-refractivity contribution in [3.63, 3.8) is 0 Å². The van der Waals surface area contributed by atoms with Crippen molar-refractivity contribution < 1.29 is 14.6 Å². The topological polar surface area (TPSA) is 49.7 Å². The normalized spacial score (nSPS) is 17.4. The van der Waals surface area contributed by atoms with Crippen LogP contribution in [0, 0.1) is 17.8 Å². The van der Waals surface area contributed by atoms with Gasteiger partial charge in [-0.1, -0.05) is 108 Å². The third kappa shape index (κ3) is 5.56. The minimum Gasteiger partial charge on any atom is -0.407 e. The van der Waals surface area contributed by atoms with E-state index in [-0.39, 0.29) is 22.8 Å². The highest BCUT2D eigenvalue weighted by molar-refractivity contribution is 6.99. The van der Waals surface area contributed by atoms with E-state index in [9.17, 15) is 10.2 Å². The summed E-state index contributed by atoms with van der Waals surface area (Å²) >= 11 is 0. The summed E-state index contributed by atoms with van der Waals surface area (Å²) in [7, 11) is -2.64. The Bertz CT molecular complexity index is 761. The van der Waals surface area contributed by atoms with Gasteiger partial charge in [0.15, 0.2) is 0 Å². The van der Waals surface area contributed by atoms with Crippen LogP contribution in [-0.2, 0) is 4.43 Å². The molecule has 0 aliphatic heterocycles. The second kappa shape index (κ2) is 10.7. The van der Waals surface area contributed by atoms with Gasteiger partial charge >= 0.3 is 0 Å². The largest absolute Gasteiger partial charge is 0.407 e. The summed E-state index contributed by atoms with van der Waals surface area (Å²) in [6.45, 7) is 16.8. The molecule has 0 spiro atoms. The summed E-state index contributed by atoms with van der Waals surface area (Å²) in [6, 6.07) is 21.0. The molecule has 0 bridgehead atoms. The maximum Gasteiger partial charge on any atom is 0.261 e. The van der Waals surface area contributed by atoms with Crippen molar-refractivity contribution in [2.24, 2.45) is 17.8 Å². The SMILES string of the molecule is C=C[C@H](C)[C@@H](O)[C@@H](C)[C@@H](O)[C@H](C)CO[Si](c1ccccc1)(c1ccccc1)C(C)(C)C. The minimum absolute atomic E-state index is 0.0746. The first-order valence-corrected chi connectivity index (χ1v) is 13.2. The van der Waals surface area contributed by atoms with E-state index in [0.717, 1.165) is 0 Å². The highest BCUT2D eigenvalue weighted by Gasteiger charge is 2.50. The minimum atomic E-state index is -2.64. The number of aliphatic hydroxyl groups is 2. The monoisotopic (exact) mass is 440 g/mol. The van der Waals surface area contributed by atoms with Crippen molar-refractivity contribution in [2.75, 3.05) is 6.61 Å². The van der Waals surface area contributed by atoms with Crippen LogP contribution in [0.25, 0.3) is 0 Å². The van der Waals surface area contributed by atoms with E-state index >= 15 is 0 Å². The van der Waals surface area contributed by atoms with Crippen LogP contribution in [0.1, 0.15) is 41.5 Å². The standard InChI is InChI=1S/C27H40O3Si/c1-8-20(2)25(28)22(4)26(29)21(3)19-30-31(27(5,6)7,23-15-11-9-12-16-23)24-17-13-10-14-18-24/h8-18,20-22,25-26,28-29H,1,19H2,2-7H3/t20-,21+,22+,25+,26-/m0/s1. The molecule has 0 unspecified atom stereocenters. The van der Waals surface area contributed by atoms with Crippen LogP contribution in [0.5, 0.6) is 0 Å². The molecule has 2 rings (SSSR count). The van der Waals surface area contributed by atoms with Gasteiger partial charge in [-0.25, -0.2) is 0 Å². The number of hydrogen-bond donors (Lipinski definition) is 2. The summed E-state index contributed by atoms with van der Waals surface area (Å²) < 4.78 is 6.94. The average molecular weight is 441 g/mol. The van der Waals surface area contributed by atoms with Gasteiger partial charge in [-0.3, -0.25) is 0 Å². The molecule has 4 heteroatoms. The smallest absolute Gasteiger partial charge is 0.261 e. The van der Waals surface area contributed by atoms with Crippen LogP contribution in [0.3, 0.4) is 0 Å². The zero-order chi connectivity index (χ0) is 23.2. The summed E-state index contributed by atoms with van der Waals surface area (Å²) in [5, 5.41) is 23.9. The lowest BCUT2D eigenvalue weighted by Gasteiger charge is -2.44. The summed E-state index contributed by atoms with van der Waals surface area (Å²) in [6.07, 6.45) is 0.427. The maximum absolute atomic E-state index is 11.0. The third-order valence-corrected chi connectivity index (χ3v) is 11.6. The fraction of sp³-hybridized carbons (Fsp3) is 0.481. The molecule has 5 atom stereocenters. The molecule has 0 aromatic heterocycles. The highest BCUT2D eigenvalue weighted by atomic mass is 28.4. The van der Waals surface area contributed by atoms with Crippen molar-refractivity contribution in [1.29, 1.82) is 0 Å². The van der Waals surface area contributed by atoms with Crippen molar-refractivity contribution >= 4 is 18.7 Å².